The molecule has 2 aromatic rings. The average molecular weight is 536 g/mol. The Bertz CT molecular complexity index is 1420. The first-order valence-corrected chi connectivity index (χ1v) is 12.2. The van der Waals surface area contributed by atoms with Crippen LogP contribution in [0, 0.1) is 23.8 Å². The van der Waals surface area contributed by atoms with Gasteiger partial charge in [-0.25, -0.2) is 4.85 Å². The number of nitrogens with zero attached hydrogens (tertiary/aromatic N) is 3. The van der Waals surface area contributed by atoms with Crippen LogP contribution in [0.4, 0.5) is 18.9 Å². The second-order valence-electron chi connectivity index (χ2n) is 9.38. The van der Waals surface area contributed by atoms with Crippen LogP contribution in [-0.2, 0) is 20.6 Å². The highest BCUT2D eigenvalue weighted by molar-refractivity contribution is 6.12. The topological polar surface area (TPSA) is 107 Å². The van der Waals surface area contributed by atoms with Gasteiger partial charge in [-0.2, -0.15) is 18.4 Å². The summed E-state index contributed by atoms with van der Waals surface area (Å²) in [5.41, 5.74) is -0.266. The Morgan fingerprint density at radius 3 is 2.46 bits per heavy atom. The normalized spacial score (nSPS) is 19.2. The number of hydrogen-bond acceptors (Lipinski definition) is 4. The molecule has 1 heterocycles. The first kappa shape index (κ1) is 27.4. The van der Waals surface area contributed by atoms with Crippen molar-refractivity contribution in [2.45, 2.75) is 44.3 Å². The maximum Gasteiger partial charge on any atom is 0.416 e. The molecule has 4 rings (SSSR count). The van der Waals surface area contributed by atoms with Crippen molar-refractivity contribution in [3.8, 4) is 6.07 Å². The minimum Gasteiger partial charge on any atom is -0.355 e. The quantitative estimate of drug-likeness (QED) is 0.408. The van der Waals surface area contributed by atoms with Crippen LogP contribution < -0.4 is 15.5 Å². The second kappa shape index (κ2) is 11.0. The average Bonchev–Trinajstić information content (AvgIpc) is 3.72. The molecule has 1 saturated carbocycles. The smallest absolute Gasteiger partial charge is 0.355 e. The van der Waals surface area contributed by atoms with E-state index in [0.29, 0.717) is 11.1 Å². The minimum absolute atomic E-state index is 0.00310. The SMILES string of the molecule is [C-]#[N+]C1=C(C)N(c2cccc(C(F)(F)F)c2)C(=O)C(C(=O)NCCC(=O)NC2CC2)C1c1ccc(C#N)cc1. The highest BCUT2D eigenvalue weighted by atomic mass is 19.4. The van der Waals surface area contributed by atoms with E-state index in [-0.39, 0.29) is 42.0 Å². The molecule has 2 aromatic carbocycles. The van der Waals surface area contributed by atoms with E-state index in [4.69, 9.17) is 11.8 Å². The first-order chi connectivity index (χ1) is 18.5. The van der Waals surface area contributed by atoms with Crippen molar-refractivity contribution < 1.29 is 27.6 Å². The molecule has 1 aliphatic carbocycles. The van der Waals surface area contributed by atoms with Crippen LogP contribution in [0.5, 0.6) is 0 Å². The number of hydrogen-bond donors (Lipinski definition) is 2. The van der Waals surface area contributed by atoms with Crippen molar-refractivity contribution >= 4 is 23.4 Å². The molecule has 0 bridgehead atoms. The van der Waals surface area contributed by atoms with E-state index < -0.39 is 35.4 Å². The molecule has 0 saturated heterocycles. The largest absolute Gasteiger partial charge is 0.416 e. The molecule has 2 aliphatic rings. The van der Waals surface area contributed by atoms with E-state index in [1.165, 1.54) is 37.3 Å². The van der Waals surface area contributed by atoms with Gasteiger partial charge >= 0.3 is 6.18 Å². The van der Waals surface area contributed by atoms with Crippen molar-refractivity contribution in [3.63, 3.8) is 0 Å². The lowest BCUT2D eigenvalue weighted by atomic mass is 9.78. The number of amides is 3. The van der Waals surface area contributed by atoms with Gasteiger partial charge in [-0.1, -0.05) is 18.2 Å². The number of carbonyl (C=O) groups is 3. The van der Waals surface area contributed by atoms with Crippen LogP contribution in [0.15, 0.2) is 59.9 Å². The zero-order chi connectivity index (χ0) is 28.3. The van der Waals surface area contributed by atoms with Crippen LogP contribution in [0.25, 0.3) is 4.85 Å². The number of alkyl halides is 3. The summed E-state index contributed by atoms with van der Waals surface area (Å²) in [5, 5.41) is 14.5. The van der Waals surface area contributed by atoms with Crippen molar-refractivity contribution in [1.82, 2.24) is 10.6 Å². The molecule has 1 fully saturated rings. The lowest BCUT2D eigenvalue weighted by molar-refractivity contribution is -0.138. The number of nitrogens with one attached hydrogen (secondary N) is 2. The Morgan fingerprint density at radius 2 is 1.87 bits per heavy atom. The molecular weight excluding hydrogens is 511 g/mol. The Hall–Kier alpha value is -4.64. The van der Waals surface area contributed by atoms with Crippen LogP contribution in [0.1, 0.15) is 48.8 Å². The van der Waals surface area contributed by atoms with E-state index in [1.54, 1.807) is 0 Å². The van der Waals surface area contributed by atoms with Crippen molar-refractivity contribution in [2.75, 3.05) is 11.4 Å². The standard InChI is InChI=1S/C28H24F3N5O3/c1-16-25(33-2)23(18-8-6-17(15-32)7-9-18)24(26(38)34-13-12-22(37)35-20-10-11-20)27(39)36(16)21-5-3-4-19(14-21)28(29,30)31/h3-9,14,20,23-24H,10-13H2,1H3,(H,34,38)(H,35,37). The van der Waals surface area contributed by atoms with Crippen LogP contribution >= 0.6 is 0 Å². The summed E-state index contributed by atoms with van der Waals surface area (Å²) in [7, 11) is 0. The third kappa shape index (κ3) is 5.93. The molecule has 39 heavy (non-hydrogen) atoms. The lowest BCUT2D eigenvalue weighted by Gasteiger charge is -2.38. The zero-order valence-corrected chi connectivity index (χ0v) is 20.9. The van der Waals surface area contributed by atoms with Gasteiger partial charge in [-0.15, -0.1) is 0 Å². The number of carbonyl (C=O) groups excluding carboxylic acids is 3. The van der Waals surface area contributed by atoms with Gasteiger partial charge in [0.25, 0.3) is 0 Å². The minimum atomic E-state index is -4.67. The Kier molecular flexibility index (Phi) is 7.73. The highest BCUT2D eigenvalue weighted by Gasteiger charge is 2.47. The molecule has 2 atom stereocenters. The zero-order valence-electron chi connectivity index (χ0n) is 20.9. The molecular formula is C28H24F3N5O3. The van der Waals surface area contributed by atoms with E-state index in [2.05, 4.69) is 15.5 Å². The summed E-state index contributed by atoms with van der Waals surface area (Å²) in [6, 6.07) is 12.3. The van der Waals surface area contributed by atoms with Crippen molar-refractivity contribution in [1.29, 1.82) is 5.26 Å². The van der Waals surface area contributed by atoms with Gasteiger partial charge in [0.2, 0.25) is 17.7 Å². The van der Waals surface area contributed by atoms with E-state index in [0.717, 1.165) is 35.9 Å². The van der Waals surface area contributed by atoms with Gasteiger partial charge in [0, 0.05) is 36.3 Å². The van der Waals surface area contributed by atoms with Gasteiger partial charge in [-0.3, -0.25) is 19.3 Å². The predicted octanol–water partition coefficient (Wildman–Crippen LogP) is 4.26. The van der Waals surface area contributed by atoms with Gasteiger partial charge in [0.15, 0.2) is 5.70 Å². The van der Waals surface area contributed by atoms with E-state index in [1.807, 2.05) is 6.07 Å². The molecule has 8 nitrogen and oxygen atoms in total. The third-order valence-electron chi connectivity index (χ3n) is 6.65. The summed E-state index contributed by atoms with van der Waals surface area (Å²) in [6.07, 6.45) is -2.89. The van der Waals surface area contributed by atoms with Crippen LogP contribution in [-0.4, -0.2) is 30.3 Å². The highest BCUT2D eigenvalue weighted by Crippen LogP contribution is 2.43. The summed E-state index contributed by atoms with van der Waals surface area (Å²) in [6.45, 7) is 9.23. The number of rotatable bonds is 7. The van der Waals surface area contributed by atoms with Gasteiger partial charge in [0.05, 0.1) is 23.8 Å². The molecule has 200 valence electrons. The third-order valence-corrected chi connectivity index (χ3v) is 6.65. The molecule has 2 unspecified atom stereocenters. The molecule has 0 radical (unpaired) electrons. The molecule has 11 heteroatoms. The first-order valence-electron chi connectivity index (χ1n) is 12.2. The van der Waals surface area contributed by atoms with Gasteiger partial charge in [-0.05, 0) is 55.7 Å². The summed E-state index contributed by atoms with van der Waals surface area (Å²) >= 11 is 0. The maximum atomic E-state index is 13.9. The van der Waals surface area contributed by atoms with E-state index in [9.17, 15) is 27.6 Å². The summed E-state index contributed by atoms with van der Waals surface area (Å²) in [5.74, 6) is -4.39. The molecule has 1 aliphatic heterocycles. The summed E-state index contributed by atoms with van der Waals surface area (Å²) < 4.78 is 40.3. The van der Waals surface area contributed by atoms with Gasteiger partial charge < -0.3 is 10.6 Å². The second-order valence-corrected chi connectivity index (χ2v) is 9.38. The predicted molar refractivity (Wildman–Crippen MR) is 134 cm³/mol. The number of nitriles is 1. The number of benzene rings is 2. The van der Waals surface area contributed by atoms with Crippen molar-refractivity contribution in [3.05, 3.63) is 88.0 Å². The van der Waals surface area contributed by atoms with E-state index >= 15 is 0 Å². The fraction of sp³-hybridized carbons (Fsp3) is 0.321. The fourth-order valence-electron chi connectivity index (χ4n) is 4.55. The molecule has 0 spiro atoms. The van der Waals surface area contributed by atoms with Crippen LogP contribution in [0.2, 0.25) is 0 Å². The Labute approximate surface area is 222 Å². The monoisotopic (exact) mass is 535 g/mol. The number of anilines is 1. The molecule has 0 aromatic heterocycles. The molecule has 2 N–H and O–H groups in total. The number of halogens is 3. The molecule has 3 amide bonds. The maximum absolute atomic E-state index is 13.9. The van der Waals surface area contributed by atoms with Crippen molar-refractivity contribution in [2.24, 2.45) is 5.92 Å². The Morgan fingerprint density at radius 1 is 1.18 bits per heavy atom. The Balaban J connectivity index is 1.73. The number of allylic oxidation sites excluding steroid dienone is 2. The van der Waals surface area contributed by atoms with Crippen LogP contribution in [0.3, 0.4) is 0 Å². The summed E-state index contributed by atoms with van der Waals surface area (Å²) in [4.78, 5) is 43.9. The lowest BCUT2D eigenvalue weighted by Crippen LogP contribution is -2.50. The van der Waals surface area contributed by atoms with Gasteiger partial charge in [0.1, 0.15) is 5.92 Å². The fourth-order valence-corrected chi connectivity index (χ4v) is 4.55.